The van der Waals surface area contributed by atoms with Gasteiger partial charge in [-0.1, -0.05) is 45.4 Å². The monoisotopic (exact) mass is 364 g/mol. The predicted octanol–water partition coefficient (Wildman–Crippen LogP) is 4.14. The molecule has 4 nitrogen and oxygen atoms in total. The number of amides is 2. The summed E-state index contributed by atoms with van der Waals surface area (Å²) in [6.07, 6.45) is 0.275. The number of hydrogen-bond donors (Lipinski definition) is 0. The highest BCUT2D eigenvalue weighted by Gasteiger charge is 2.37. The van der Waals surface area contributed by atoms with E-state index < -0.39 is 0 Å². The maximum atomic E-state index is 13.0. The average Bonchev–Trinajstić information content (AvgIpc) is 2.89. The number of benzene rings is 1. The van der Waals surface area contributed by atoms with Crippen molar-refractivity contribution in [2.45, 2.75) is 41.0 Å². The quantitative estimate of drug-likeness (QED) is 0.761. The first-order valence-corrected chi connectivity index (χ1v) is 9.42. The molecule has 0 saturated carbocycles. The van der Waals surface area contributed by atoms with E-state index in [0.717, 1.165) is 24.3 Å². The lowest BCUT2D eigenvalue weighted by atomic mass is 10.0. The van der Waals surface area contributed by atoms with Crippen molar-refractivity contribution >= 4 is 29.1 Å². The van der Waals surface area contributed by atoms with Crippen LogP contribution in [0.4, 0.5) is 5.69 Å². The lowest BCUT2D eigenvalue weighted by molar-refractivity contribution is -0.136. The molecular weight excluding hydrogens is 336 g/mol. The van der Waals surface area contributed by atoms with Crippen molar-refractivity contribution in [2.75, 3.05) is 24.5 Å². The van der Waals surface area contributed by atoms with Crippen LogP contribution in [0.5, 0.6) is 0 Å². The minimum Gasteiger partial charge on any atom is -0.342 e. The van der Waals surface area contributed by atoms with Gasteiger partial charge in [0.2, 0.25) is 11.8 Å². The van der Waals surface area contributed by atoms with Gasteiger partial charge in [0.15, 0.2) is 0 Å². The van der Waals surface area contributed by atoms with E-state index in [4.69, 9.17) is 11.6 Å². The third-order valence-electron chi connectivity index (χ3n) is 4.42. The van der Waals surface area contributed by atoms with Gasteiger partial charge in [0.25, 0.3) is 0 Å². The van der Waals surface area contributed by atoms with Crippen LogP contribution in [0.15, 0.2) is 18.2 Å². The van der Waals surface area contributed by atoms with Gasteiger partial charge >= 0.3 is 0 Å². The van der Waals surface area contributed by atoms with E-state index >= 15 is 0 Å². The van der Waals surface area contributed by atoms with E-state index in [1.54, 1.807) is 4.90 Å². The van der Waals surface area contributed by atoms with Crippen LogP contribution < -0.4 is 4.90 Å². The fraction of sp³-hybridized carbons (Fsp3) is 0.600. The van der Waals surface area contributed by atoms with Gasteiger partial charge < -0.3 is 9.80 Å². The van der Waals surface area contributed by atoms with Crippen LogP contribution in [0.1, 0.15) is 39.7 Å². The first-order chi connectivity index (χ1) is 11.7. The van der Waals surface area contributed by atoms with Crippen LogP contribution >= 0.6 is 11.6 Å². The van der Waals surface area contributed by atoms with Crippen molar-refractivity contribution in [3.63, 3.8) is 0 Å². The molecule has 1 fully saturated rings. The Balaban J connectivity index is 2.13. The number of rotatable bonds is 6. The van der Waals surface area contributed by atoms with E-state index in [9.17, 15) is 9.59 Å². The molecule has 0 bridgehead atoms. The SMILES string of the molecule is Cc1ccc(N2CC(C(=O)N(CC(C)C)CC(C)C)CC2=O)cc1Cl. The highest BCUT2D eigenvalue weighted by molar-refractivity contribution is 6.31. The van der Waals surface area contributed by atoms with Gasteiger partial charge in [0, 0.05) is 36.8 Å². The number of nitrogens with zero attached hydrogens (tertiary/aromatic N) is 2. The van der Waals surface area contributed by atoms with E-state index in [1.165, 1.54) is 0 Å². The Kier molecular flexibility index (Phi) is 6.50. The van der Waals surface area contributed by atoms with Crippen LogP contribution in [0.2, 0.25) is 5.02 Å². The number of halogens is 1. The summed E-state index contributed by atoms with van der Waals surface area (Å²) in [4.78, 5) is 29.1. The summed E-state index contributed by atoms with van der Waals surface area (Å²) in [6.45, 7) is 12.3. The van der Waals surface area contributed by atoms with Crippen LogP contribution in [0.25, 0.3) is 0 Å². The molecule has 0 aromatic heterocycles. The molecular formula is C20H29ClN2O2. The molecule has 138 valence electrons. The van der Waals surface area contributed by atoms with Crippen LogP contribution in [0, 0.1) is 24.7 Å². The molecule has 2 amide bonds. The topological polar surface area (TPSA) is 40.6 Å². The zero-order chi connectivity index (χ0) is 18.7. The highest BCUT2D eigenvalue weighted by atomic mass is 35.5. The van der Waals surface area contributed by atoms with Gasteiger partial charge in [0.1, 0.15) is 0 Å². The first-order valence-electron chi connectivity index (χ1n) is 9.04. The summed E-state index contributed by atoms with van der Waals surface area (Å²) < 4.78 is 0. The van der Waals surface area contributed by atoms with Crippen molar-refractivity contribution in [1.82, 2.24) is 4.90 Å². The number of carbonyl (C=O) groups excluding carboxylic acids is 2. The predicted molar refractivity (Wildman–Crippen MR) is 103 cm³/mol. The summed E-state index contributed by atoms with van der Waals surface area (Å²) in [7, 11) is 0. The Hall–Kier alpha value is -1.55. The van der Waals surface area contributed by atoms with Gasteiger partial charge in [-0.3, -0.25) is 9.59 Å². The second kappa shape index (κ2) is 8.22. The smallest absolute Gasteiger partial charge is 0.228 e. The van der Waals surface area contributed by atoms with E-state index in [2.05, 4.69) is 27.7 Å². The molecule has 0 aliphatic carbocycles. The van der Waals surface area contributed by atoms with Gasteiger partial charge in [0.05, 0.1) is 5.92 Å². The Bertz CT molecular complexity index is 633. The molecule has 0 spiro atoms. The Morgan fingerprint density at radius 3 is 2.36 bits per heavy atom. The van der Waals surface area contributed by atoms with E-state index in [1.807, 2.05) is 30.0 Å². The minimum atomic E-state index is -0.273. The maximum Gasteiger partial charge on any atom is 0.228 e. The molecule has 1 aliphatic rings. The van der Waals surface area contributed by atoms with Gasteiger partial charge in [-0.2, -0.15) is 0 Å². The molecule has 5 heteroatoms. The van der Waals surface area contributed by atoms with Crippen molar-refractivity contribution in [1.29, 1.82) is 0 Å². The molecule has 1 aromatic carbocycles. The molecule has 1 saturated heterocycles. The van der Waals surface area contributed by atoms with E-state index in [0.29, 0.717) is 23.4 Å². The molecule has 0 N–H and O–H groups in total. The fourth-order valence-electron chi connectivity index (χ4n) is 3.27. The Morgan fingerprint density at radius 2 is 1.84 bits per heavy atom. The summed E-state index contributed by atoms with van der Waals surface area (Å²) in [6, 6.07) is 5.61. The molecule has 1 heterocycles. The Labute approximate surface area is 156 Å². The molecule has 1 atom stereocenters. The molecule has 0 radical (unpaired) electrons. The standard InChI is InChI=1S/C20H29ClN2O2/c1-13(2)10-22(11-14(3)4)20(25)16-8-19(24)23(12-16)17-7-6-15(5)18(21)9-17/h6-7,9,13-14,16H,8,10-12H2,1-5H3. The van der Waals surface area contributed by atoms with Crippen molar-refractivity contribution < 1.29 is 9.59 Å². The van der Waals surface area contributed by atoms with Gasteiger partial charge in [-0.15, -0.1) is 0 Å². The van der Waals surface area contributed by atoms with E-state index in [-0.39, 0.29) is 24.2 Å². The lowest BCUT2D eigenvalue weighted by Gasteiger charge is -2.28. The maximum absolute atomic E-state index is 13.0. The summed E-state index contributed by atoms with van der Waals surface area (Å²) in [5.74, 6) is 0.632. The molecule has 1 unspecified atom stereocenters. The first kappa shape index (κ1) is 19.8. The number of aryl methyl sites for hydroxylation is 1. The second-order valence-corrected chi connectivity index (χ2v) is 8.28. The number of anilines is 1. The normalized spacial score (nSPS) is 17.7. The lowest BCUT2D eigenvalue weighted by Crippen LogP contribution is -2.41. The molecule has 25 heavy (non-hydrogen) atoms. The van der Waals surface area contributed by atoms with Gasteiger partial charge in [-0.25, -0.2) is 0 Å². The summed E-state index contributed by atoms with van der Waals surface area (Å²) >= 11 is 6.19. The van der Waals surface area contributed by atoms with Crippen LogP contribution in [-0.4, -0.2) is 36.3 Å². The van der Waals surface area contributed by atoms with Crippen LogP contribution in [0.3, 0.4) is 0 Å². The highest BCUT2D eigenvalue weighted by Crippen LogP contribution is 2.29. The molecule has 1 aliphatic heterocycles. The number of hydrogen-bond acceptors (Lipinski definition) is 2. The zero-order valence-corrected chi connectivity index (χ0v) is 16.6. The van der Waals surface area contributed by atoms with Crippen LogP contribution in [-0.2, 0) is 9.59 Å². The fourth-order valence-corrected chi connectivity index (χ4v) is 3.44. The third-order valence-corrected chi connectivity index (χ3v) is 4.83. The van der Waals surface area contributed by atoms with Gasteiger partial charge in [-0.05, 0) is 36.5 Å². The molecule has 1 aromatic rings. The number of carbonyl (C=O) groups is 2. The second-order valence-electron chi connectivity index (χ2n) is 7.87. The minimum absolute atomic E-state index is 0.00712. The molecule has 2 rings (SSSR count). The summed E-state index contributed by atoms with van der Waals surface area (Å²) in [5, 5.41) is 0.640. The zero-order valence-electron chi connectivity index (χ0n) is 15.9. The van der Waals surface area contributed by atoms with Crippen molar-refractivity contribution in [3.8, 4) is 0 Å². The summed E-state index contributed by atoms with van der Waals surface area (Å²) in [5.41, 5.74) is 1.75. The van der Waals surface area contributed by atoms with Crippen molar-refractivity contribution in [2.24, 2.45) is 17.8 Å². The average molecular weight is 365 g/mol. The largest absolute Gasteiger partial charge is 0.342 e. The Morgan fingerprint density at radius 1 is 1.24 bits per heavy atom. The third kappa shape index (κ3) is 4.97. The van der Waals surface area contributed by atoms with Crippen molar-refractivity contribution in [3.05, 3.63) is 28.8 Å².